The molecule has 4 aromatic rings. The summed E-state index contributed by atoms with van der Waals surface area (Å²) in [5, 5.41) is 16.1. The molecule has 4 heterocycles. The highest BCUT2D eigenvalue weighted by Gasteiger charge is 2.27. The molecule has 0 radical (unpaired) electrons. The molecule has 0 bridgehead atoms. The van der Waals surface area contributed by atoms with Gasteiger partial charge in [0.15, 0.2) is 11.6 Å². The predicted molar refractivity (Wildman–Crippen MR) is 146 cm³/mol. The lowest BCUT2D eigenvalue weighted by molar-refractivity contribution is -0.120. The van der Waals surface area contributed by atoms with Gasteiger partial charge in [-0.1, -0.05) is 0 Å². The molecule has 1 saturated heterocycles. The van der Waals surface area contributed by atoms with Crippen LogP contribution in [-0.2, 0) is 14.8 Å². The molecule has 0 saturated carbocycles. The van der Waals surface area contributed by atoms with Crippen molar-refractivity contribution in [1.82, 2.24) is 29.9 Å². The largest absolute Gasteiger partial charge is 0.354 e. The van der Waals surface area contributed by atoms with Crippen molar-refractivity contribution < 1.29 is 13.2 Å². The maximum Gasteiger partial charge on any atom is 0.264 e. The van der Waals surface area contributed by atoms with Gasteiger partial charge in [-0.3, -0.25) is 4.79 Å². The van der Waals surface area contributed by atoms with E-state index in [2.05, 4.69) is 40.2 Å². The number of carbonyl (C=O) groups is 1. The first-order chi connectivity index (χ1) is 18.7. The van der Waals surface area contributed by atoms with Crippen LogP contribution in [0.2, 0.25) is 0 Å². The van der Waals surface area contributed by atoms with Gasteiger partial charge in [0, 0.05) is 36.4 Å². The van der Waals surface area contributed by atoms with Gasteiger partial charge < -0.3 is 10.2 Å². The van der Waals surface area contributed by atoms with Crippen LogP contribution in [0.5, 0.6) is 0 Å². The second-order valence-corrected chi connectivity index (χ2v) is 11.2. The highest BCUT2D eigenvalue weighted by molar-refractivity contribution is 7.92. The third-order valence-corrected chi connectivity index (χ3v) is 7.78. The average Bonchev–Trinajstić information content (AvgIpc) is 3.26. The molecule has 1 aliphatic heterocycles. The molecule has 12 nitrogen and oxygen atoms in total. The zero-order valence-electron chi connectivity index (χ0n) is 21.9. The zero-order chi connectivity index (χ0) is 27.6. The number of aromatic nitrogens is 6. The number of piperidine rings is 1. The number of carbonyl (C=O) groups excluding carboxylic acids is 1. The zero-order valence-corrected chi connectivity index (χ0v) is 22.7. The molecule has 2 N–H and O–H groups in total. The van der Waals surface area contributed by atoms with Gasteiger partial charge in [0.1, 0.15) is 0 Å². The Morgan fingerprint density at radius 1 is 0.974 bits per heavy atom. The van der Waals surface area contributed by atoms with E-state index >= 15 is 0 Å². The Hall–Kier alpha value is -4.39. The molecular formula is C26H29N9O3S. The van der Waals surface area contributed by atoms with Crippen molar-refractivity contribution in [2.45, 2.75) is 38.5 Å². The van der Waals surface area contributed by atoms with Crippen LogP contribution in [0.1, 0.15) is 29.9 Å². The summed E-state index contributed by atoms with van der Waals surface area (Å²) >= 11 is 0. The lowest BCUT2D eigenvalue weighted by Gasteiger charge is -2.32. The molecule has 5 rings (SSSR count). The maximum absolute atomic E-state index is 13.0. The Balaban J connectivity index is 1.21. The fourth-order valence-electron chi connectivity index (χ4n) is 4.50. The van der Waals surface area contributed by atoms with Crippen molar-refractivity contribution in [2.75, 3.05) is 28.0 Å². The summed E-state index contributed by atoms with van der Waals surface area (Å²) in [6, 6.07) is 13.4. The van der Waals surface area contributed by atoms with Gasteiger partial charge in [-0.2, -0.15) is 5.10 Å². The molecule has 1 unspecified atom stereocenters. The van der Waals surface area contributed by atoms with Gasteiger partial charge in [0.2, 0.25) is 11.9 Å². The summed E-state index contributed by atoms with van der Waals surface area (Å²) in [6.45, 7) is 6.93. The monoisotopic (exact) mass is 547 g/mol. The predicted octanol–water partition coefficient (Wildman–Crippen LogP) is 3.03. The Morgan fingerprint density at radius 3 is 2.38 bits per heavy atom. The van der Waals surface area contributed by atoms with Crippen molar-refractivity contribution in [3.8, 4) is 5.82 Å². The van der Waals surface area contributed by atoms with E-state index in [1.54, 1.807) is 29.8 Å². The van der Waals surface area contributed by atoms with Crippen LogP contribution < -0.4 is 14.9 Å². The van der Waals surface area contributed by atoms with Crippen LogP contribution in [0.25, 0.3) is 5.82 Å². The number of sulfonamides is 1. The summed E-state index contributed by atoms with van der Waals surface area (Å²) in [4.78, 5) is 23.1. The smallest absolute Gasteiger partial charge is 0.264 e. The van der Waals surface area contributed by atoms with Crippen LogP contribution in [0.4, 0.5) is 17.5 Å². The van der Waals surface area contributed by atoms with Crippen LogP contribution >= 0.6 is 0 Å². The van der Waals surface area contributed by atoms with Gasteiger partial charge >= 0.3 is 0 Å². The summed E-state index contributed by atoms with van der Waals surface area (Å²) in [5.41, 5.74) is 3.04. The van der Waals surface area contributed by atoms with E-state index in [0.29, 0.717) is 29.6 Å². The Bertz CT molecular complexity index is 1590. The molecular weight excluding hydrogens is 518 g/mol. The van der Waals surface area contributed by atoms with Crippen molar-refractivity contribution in [3.05, 3.63) is 71.8 Å². The highest BCUT2D eigenvalue weighted by Crippen LogP contribution is 2.24. The minimum atomic E-state index is -3.87. The number of nitrogens with zero attached hydrogens (tertiary/aromatic N) is 7. The Labute approximate surface area is 226 Å². The van der Waals surface area contributed by atoms with Crippen molar-refractivity contribution >= 4 is 33.4 Å². The standard InChI is InChI=1S/C26H29N9O3S/c1-17-12-13-27-26(28-17)33-39(37,38)22-8-6-21(7-9-22)29-25(36)20-5-4-14-34(16-20)23-10-11-24(31-30-23)35-19(3)15-18(2)32-35/h6-13,15,20H,4-5,14,16H2,1-3H3,(H,29,36)(H,27,28,33). The number of hydrogen-bond acceptors (Lipinski definition) is 9. The van der Waals surface area contributed by atoms with Crippen LogP contribution in [-0.4, -0.2) is 57.4 Å². The lowest BCUT2D eigenvalue weighted by atomic mass is 9.97. The molecule has 13 heteroatoms. The van der Waals surface area contributed by atoms with Gasteiger partial charge in [-0.25, -0.2) is 27.8 Å². The van der Waals surface area contributed by atoms with E-state index in [1.807, 2.05) is 32.0 Å². The Morgan fingerprint density at radius 2 is 1.72 bits per heavy atom. The van der Waals surface area contributed by atoms with Gasteiger partial charge in [-0.05, 0) is 82.1 Å². The SMILES string of the molecule is Cc1ccnc(NS(=O)(=O)c2ccc(NC(=O)C3CCCN(c4ccc(-n5nc(C)cc5C)nn4)C3)cc2)n1. The average molecular weight is 548 g/mol. The van der Waals surface area contributed by atoms with Gasteiger partial charge in [-0.15, -0.1) is 10.2 Å². The summed E-state index contributed by atoms with van der Waals surface area (Å²) in [6.07, 6.45) is 3.06. The molecule has 0 aliphatic carbocycles. The molecule has 1 amide bonds. The van der Waals surface area contributed by atoms with E-state index in [9.17, 15) is 13.2 Å². The maximum atomic E-state index is 13.0. The minimum Gasteiger partial charge on any atom is -0.354 e. The molecule has 1 fully saturated rings. The summed E-state index contributed by atoms with van der Waals surface area (Å²) in [7, 11) is -3.87. The molecule has 39 heavy (non-hydrogen) atoms. The quantitative estimate of drug-likeness (QED) is 0.356. The Kier molecular flexibility index (Phi) is 7.24. The second kappa shape index (κ2) is 10.8. The third kappa shape index (κ3) is 6.03. The molecule has 202 valence electrons. The molecule has 0 spiro atoms. The van der Waals surface area contributed by atoms with Gasteiger partial charge in [0.05, 0.1) is 16.5 Å². The molecule has 1 aromatic carbocycles. The molecule has 3 aromatic heterocycles. The normalized spacial score (nSPS) is 15.7. The van der Waals surface area contributed by atoms with E-state index in [4.69, 9.17) is 0 Å². The van der Waals surface area contributed by atoms with Crippen molar-refractivity contribution in [2.24, 2.45) is 5.92 Å². The van der Waals surface area contributed by atoms with Crippen LogP contribution in [0, 0.1) is 26.7 Å². The number of nitrogens with one attached hydrogen (secondary N) is 2. The number of aryl methyl sites for hydroxylation is 3. The van der Waals surface area contributed by atoms with Gasteiger partial charge in [0.25, 0.3) is 10.0 Å². The topological polar surface area (TPSA) is 148 Å². The lowest BCUT2D eigenvalue weighted by Crippen LogP contribution is -2.41. The highest BCUT2D eigenvalue weighted by atomic mass is 32.2. The fraction of sp³-hybridized carbons (Fsp3) is 0.308. The van der Waals surface area contributed by atoms with E-state index in [-0.39, 0.29) is 22.7 Å². The minimum absolute atomic E-state index is 0.000148. The summed E-state index contributed by atoms with van der Waals surface area (Å²) < 4.78 is 29.5. The number of benzene rings is 1. The van der Waals surface area contributed by atoms with Crippen molar-refractivity contribution in [1.29, 1.82) is 0 Å². The van der Waals surface area contributed by atoms with E-state index < -0.39 is 10.0 Å². The summed E-state index contributed by atoms with van der Waals surface area (Å²) in [5.74, 6) is 0.967. The fourth-order valence-corrected chi connectivity index (χ4v) is 5.45. The third-order valence-electron chi connectivity index (χ3n) is 6.43. The number of anilines is 3. The first-order valence-corrected chi connectivity index (χ1v) is 14.0. The first kappa shape index (κ1) is 26.2. The first-order valence-electron chi connectivity index (χ1n) is 12.5. The number of hydrogen-bond donors (Lipinski definition) is 2. The van der Waals surface area contributed by atoms with Crippen LogP contribution in [0.15, 0.2) is 59.6 Å². The van der Waals surface area contributed by atoms with Crippen molar-refractivity contribution in [3.63, 3.8) is 0 Å². The second-order valence-electron chi connectivity index (χ2n) is 9.51. The molecule has 1 atom stereocenters. The number of rotatable bonds is 7. The van der Waals surface area contributed by atoms with E-state index in [0.717, 1.165) is 30.8 Å². The van der Waals surface area contributed by atoms with Crippen LogP contribution in [0.3, 0.4) is 0 Å². The number of amides is 1. The van der Waals surface area contributed by atoms with E-state index in [1.165, 1.54) is 18.3 Å². The molecule has 1 aliphatic rings.